The largest absolute Gasteiger partial charge is 0.389 e. The average Bonchev–Trinajstić information content (AvgIpc) is 2.68. The SMILES string of the molecule is CCC(=O)N1C[C@@H](O)COC[C@H]2O[C@@H](CC(=O)NCc3cc(F)cc(F)c3)CC[C@@H]21. The molecule has 0 aromatic heterocycles. The monoisotopic (exact) mass is 426 g/mol. The van der Waals surface area contributed by atoms with Gasteiger partial charge in [0.1, 0.15) is 17.7 Å². The number of carbonyl (C=O) groups excluding carboxylic acids is 2. The third-order valence-electron chi connectivity index (χ3n) is 5.43. The normalized spacial score (nSPS) is 27.0. The molecule has 2 saturated heterocycles. The van der Waals surface area contributed by atoms with Gasteiger partial charge in [0.05, 0.1) is 37.9 Å². The van der Waals surface area contributed by atoms with Gasteiger partial charge in [0.2, 0.25) is 11.8 Å². The smallest absolute Gasteiger partial charge is 0.222 e. The number of carbonyl (C=O) groups is 2. The van der Waals surface area contributed by atoms with Gasteiger partial charge in [-0.25, -0.2) is 8.78 Å². The van der Waals surface area contributed by atoms with E-state index in [0.717, 1.165) is 6.07 Å². The Balaban J connectivity index is 1.55. The molecule has 1 aromatic rings. The summed E-state index contributed by atoms with van der Waals surface area (Å²) in [6.07, 6.45) is 0.192. The van der Waals surface area contributed by atoms with Crippen LogP contribution in [0.4, 0.5) is 8.78 Å². The number of ether oxygens (including phenoxy) is 2. The van der Waals surface area contributed by atoms with E-state index in [4.69, 9.17) is 9.47 Å². The fourth-order valence-electron chi connectivity index (χ4n) is 4.02. The first-order valence-corrected chi connectivity index (χ1v) is 10.3. The topological polar surface area (TPSA) is 88.1 Å². The number of nitrogens with one attached hydrogen (secondary N) is 1. The van der Waals surface area contributed by atoms with E-state index in [0.29, 0.717) is 24.8 Å². The van der Waals surface area contributed by atoms with Crippen molar-refractivity contribution in [1.29, 1.82) is 0 Å². The van der Waals surface area contributed by atoms with Crippen LogP contribution in [0, 0.1) is 11.6 Å². The molecule has 4 atom stereocenters. The van der Waals surface area contributed by atoms with E-state index in [1.54, 1.807) is 11.8 Å². The van der Waals surface area contributed by atoms with Crippen LogP contribution in [0.3, 0.4) is 0 Å². The summed E-state index contributed by atoms with van der Waals surface area (Å²) in [5, 5.41) is 12.7. The Kier molecular flexibility index (Phi) is 7.74. The first kappa shape index (κ1) is 22.6. The van der Waals surface area contributed by atoms with Gasteiger partial charge < -0.3 is 24.8 Å². The maximum absolute atomic E-state index is 13.3. The minimum absolute atomic E-state index is 0.0199. The van der Waals surface area contributed by atoms with Gasteiger partial charge in [-0.1, -0.05) is 6.92 Å². The summed E-state index contributed by atoms with van der Waals surface area (Å²) < 4.78 is 38.1. The second kappa shape index (κ2) is 10.3. The summed E-state index contributed by atoms with van der Waals surface area (Å²) in [5.74, 6) is -1.72. The number of aliphatic hydroxyl groups is 1. The molecule has 2 fully saturated rings. The van der Waals surface area contributed by atoms with Crippen LogP contribution in [0.25, 0.3) is 0 Å². The molecule has 3 rings (SSSR count). The molecule has 2 aliphatic rings. The Morgan fingerprint density at radius 3 is 2.63 bits per heavy atom. The number of nitrogens with zero attached hydrogens (tertiary/aromatic N) is 1. The van der Waals surface area contributed by atoms with Crippen molar-refractivity contribution in [3.05, 3.63) is 35.4 Å². The van der Waals surface area contributed by atoms with Gasteiger partial charge in [0, 0.05) is 25.6 Å². The summed E-state index contributed by atoms with van der Waals surface area (Å²) in [5.41, 5.74) is 0.339. The van der Waals surface area contributed by atoms with Crippen molar-refractivity contribution in [1.82, 2.24) is 10.2 Å². The zero-order valence-electron chi connectivity index (χ0n) is 17.0. The number of fused-ring (bicyclic) bond motifs is 1. The van der Waals surface area contributed by atoms with Gasteiger partial charge in [0.25, 0.3) is 0 Å². The van der Waals surface area contributed by atoms with Crippen LogP contribution in [0.5, 0.6) is 0 Å². The highest BCUT2D eigenvalue weighted by Gasteiger charge is 2.39. The zero-order valence-corrected chi connectivity index (χ0v) is 17.0. The van der Waals surface area contributed by atoms with Crippen LogP contribution in [-0.4, -0.2) is 65.9 Å². The van der Waals surface area contributed by atoms with Crippen molar-refractivity contribution in [3.8, 4) is 0 Å². The average molecular weight is 426 g/mol. The van der Waals surface area contributed by atoms with Gasteiger partial charge >= 0.3 is 0 Å². The number of amides is 2. The van der Waals surface area contributed by atoms with E-state index in [2.05, 4.69) is 5.32 Å². The lowest BCUT2D eigenvalue weighted by Crippen LogP contribution is -2.57. The highest BCUT2D eigenvalue weighted by molar-refractivity contribution is 5.77. The van der Waals surface area contributed by atoms with E-state index >= 15 is 0 Å². The molecule has 0 bridgehead atoms. The predicted octanol–water partition coefficient (Wildman–Crippen LogP) is 1.52. The second-order valence-electron chi connectivity index (χ2n) is 7.79. The fraction of sp³-hybridized carbons (Fsp3) is 0.619. The van der Waals surface area contributed by atoms with Crippen molar-refractivity contribution in [2.24, 2.45) is 0 Å². The van der Waals surface area contributed by atoms with Gasteiger partial charge in [-0.2, -0.15) is 0 Å². The highest BCUT2D eigenvalue weighted by Crippen LogP contribution is 2.28. The van der Waals surface area contributed by atoms with Gasteiger partial charge in [-0.3, -0.25) is 9.59 Å². The Morgan fingerprint density at radius 2 is 1.93 bits per heavy atom. The molecule has 2 N–H and O–H groups in total. The van der Waals surface area contributed by atoms with E-state index in [1.807, 2.05) is 0 Å². The van der Waals surface area contributed by atoms with E-state index in [1.165, 1.54) is 12.1 Å². The zero-order chi connectivity index (χ0) is 21.7. The Hall–Kier alpha value is -2.10. The molecule has 2 amide bonds. The Labute approximate surface area is 174 Å². The van der Waals surface area contributed by atoms with Crippen molar-refractivity contribution < 1.29 is 33.0 Å². The quantitative estimate of drug-likeness (QED) is 0.746. The number of rotatable bonds is 5. The minimum atomic E-state index is -0.738. The molecular weight excluding hydrogens is 398 g/mol. The number of benzene rings is 1. The van der Waals surface area contributed by atoms with Gasteiger partial charge in [-0.15, -0.1) is 0 Å². The van der Waals surface area contributed by atoms with Crippen LogP contribution >= 0.6 is 0 Å². The minimum Gasteiger partial charge on any atom is -0.389 e. The molecule has 2 heterocycles. The highest BCUT2D eigenvalue weighted by atomic mass is 19.1. The van der Waals surface area contributed by atoms with Gasteiger partial charge in [-0.05, 0) is 30.5 Å². The van der Waals surface area contributed by atoms with Crippen molar-refractivity contribution in [2.75, 3.05) is 19.8 Å². The lowest BCUT2D eigenvalue weighted by atomic mass is 9.94. The maximum Gasteiger partial charge on any atom is 0.222 e. The van der Waals surface area contributed by atoms with Crippen LogP contribution in [-0.2, 0) is 25.6 Å². The predicted molar refractivity (Wildman–Crippen MR) is 103 cm³/mol. The molecule has 0 spiro atoms. The molecule has 1 aromatic carbocycles. The lowest BCUT2D eigenvalue weighted by Gasteiger charge is -2.44. The van der Waals surface area contributed by atoms with E-state index in [-0.39, 0.29) is 62.8 Å². The molecule has 166 valence electrons. The molecule has 0 aliphatic carbocycles. The van der Waals surface area contributed by atoms with E-state index in [9.17, 15) is 23.5 Å². The van der Waals surface area contributed by atoms with E-state index < -0.39 is 17.7 Å². The molecule has 30 heavy (non-hydrogen) atoms. The van der Waals surface area contributed by atoms with Crippen LogP contribution < -0.4 is 5.32 Å². The standard InChI is InChI=1S/C21H28F2N2O5/c1-2-21(28)25-10-16(26)11-29-12-19-18(25)4-3-17(30-19)8-20(27)24-9-13-5-14(22)7-15(23)6-13/h5-7,16-19,26H,2-4,8-12H2,1H3,(H,24,27)/t16-,17-,18+,19-/m1/s1. The van der Waals surface area contributed by atoms with Gasteiger partial charge in [0.15, 0.2) is 0 Å². The molecule has 0 unspecified atom stereocenters. The summed E-state index contributed by atoms with van der Waals surface area (Å²) in [4.78, 5) is 26.3. The van der Waals surface area contributed by atoms with Crippen LogP contribution in [0.15, 0.2) is 18.2 Å². The third kappa shape index (κ3) is 5.96. The number of hydrogen-bond acceptors (Lipinski definition) is 5. The molecule has 7 nitrogen and oxygen atoms in total. The van der Waals surface area contributed by atoms with Crippen molar-refractivity contribution >= 4 is 11.8 Å². The first-order chi connectivity index (χ1) is 14.4. The molecule has 9 heteroatoms. The number of β-amino-alcohol motifs (C(OH)–C–C–N with tert-alkyl or cyclic N) is 1. The summed E-state index contributed by atoms with van der Waals surface area (Å²) in [6, 6.07) is 2.91. The third-order valence-corrected chi connectivity index (χ3v) is 5.43. The molecule has 0 saturated carbocycles. The molecular formula is C21H28F2N2O5. The van der Waals surface area contributed by atoms with Crippen molar-refractivity contribution in [2.45, 2.75) is 63.5 Å². The summed E-state index contributed by atoms with van der Waals surface area (Å²) in [6.45, 7) is 2.35. The number of hydrogen-bond donors (Lipinski definition) is 2. The maximum atomic E-state index is 13.3. The summed E-state index contributed by atoms with van der Waals surface area (Å²) in [7, 11) is 0. The lowest BCUT2D eigenvalue weighted by molar-refractivity contribution is -0.169. The molecule has 0 radical (unpaired) electrons. The second-order valence-corrected chi connectivity index (χ2v) is 7.79. The Bertz CT molecular complexity index is 743. The Morgan fingerprint density at radius 1 is 1.20 bits per heavy atom. The van der Waals surface area contributed by atoms with Crippen molar-refractivity contribution in [3.63, 3.8) is 0 Å². The fourth-order valence-corrected chi connectivity index (χ4v) is 4.02. The number of halogens is 2. The molecule has 2 aliphatic heterocycles. The first-order valence-electron chi connectivity index (χ1n) is 10.3. The summed E-state index contributed by atoms with van der Waals surface area (Å²) >= 11 is 0. The number of aliphatic hydroxyl groups excluding tert-OH is 1. The van der Waals surface area contributed by atoms with Crippen LogP contribution in [0.1, 0.15) is 38.2 Å². The van der Waals surface area contributed by atoms with Crippen LogP contribution in [0.2, 0.25) is 0 Å².